The van der Waals surface area contributed by atoms with Crippen LogP contribution in [-0.4, -0.2) is 16.2 Å². The van der Waals surface area contributed by atoms with Crippen LogP contribution < -0.4 is 0 Å². The average molecular weight is 216 g/mol. The van der Waals surface area contributed by atoms with Gasteiger partial charge < -0.3 is 10.2 Å². The molecule has 0 heterocycles. The summed E-state index contributed by atoms with van der Waals surface area (Å²) >= 11 is 0. The summed E-state index contributed by atoms with van der Waals surface area (Å²) in [6.45, 7) is 1.36. The van der Waals surface area contributed by atoms with Crippen molar-refractivity contribution in [2.75, 3.05) is 0 Å². The minimum atomic E-state index is -1.12. The number of carboxylic acid groups (broad SMARTS) is 1. The van der Waals surface area contributed by atoms with Gasteiger partial charge in [-0.25, -0.2) is 8.78 Å². The van der Waals surface area contributed by atoms with Crippen molar-refractivity contribution in [3.05, 3.63) is 29.3 Å². The summed E-state index contributed by atoms with van der Waals surface area (Å²) < 4.78 is 26.3. The van der Waals surface area contributed by atoms with Gasteiger partial charge in [0.1, 0.15) is 17.4 Å². The number of phenolic OH excluding ortho intramolecular Hbond substituents is 1. The van der Waals surface area contributed by atoms with Gasteiger partial charge in [0.25, 0.3) is 0 Å². The van der Waals surface area contributed by atoms with Crippen LogP contribution in [0.3, 0.4) is 0 Å². The molecular weight excluding hydrogens is 206 g/mol. The van der Waals surface area contributed by atoms with Crippen molar-refractivity contribution in [3.8, 4) is 5.75 Å². The highest BCUT2D eigenvalue weighted by Crippen LogP contribution is 2.22. The highest BCUT2D eigenvalue weighted by molar-refractivity contribution is 5.69. The topological polar surface area (TPSA) is 57.5 Å². The van der Waals surface area contributed by atoms with E-state index < -0.39 is 29.3 Å². The molecule has 3 nitrogen and oxygen atoms in total. The van der Waals surface area contributed by atoms with Gasteiger partial charge >= 0.3 is 5.97 Å². The summed E-state index contributed by atoms with van der Waals surface area (Å²) in [7, 11) is 0. The number of carbonyl (C=O) groups is 1. The minimum Gasteiger partial charge on any atom is -0.508 e. The summed E-state index contributed by atoms with van der Waals surface area (Å²) in [5.41, 5.74) is -0.317. The lowest BCUT2D eigenvalue weighted by atomic mass is 10.0. The zero-order chi connectivity index (χ0) is 11.6. The molecule has 0 saturated heterocycles. The van der Waals surface area contributed by atoms with Crippen LogP contribution in [0.1, 0.15) is 12.5 Å². The molecule has 0 amide bonds. The molecule has 0 fully saturated rings. The Labute approximate surface area is 85.0 Å². The number of aromatic hydroxyl groups is 1. The molecule has 0 saturated carbocycles. The maximum absolute atomic E-state index is 13.1. The van der Waals surface area contributed by atoms with Crippen LogP contribution >= 0.6 is 0 Å². The number of phenols is 1. The van der Waals surface area contributed by atoms with Gasteiger partial charge in [-0.15, -0.1) is 0 Å². The van der Waals surface area contributed by atoms with Gasteiger partial charge in [0.15, 0.2) is 0 Å². The number of halogens is 2. The number of carboxylic acids is 1. The van der Waals surface area contributed by atoms with Gasteiger partial charge in [-0.05, 0) is 6.42 Å². The van der Waals surface area contributed by atoms with E-state index in [0.29, 0.717) is 0 Å². The van der Waals surface area contributed by atoms with Gasteiger partial charge in [-0.2, -0.15) is 0 Å². The second-order valence-corrected chi connectivity index (χ2v) is 3.33. The molecule has 0 spiro atoms. The van der Waals surface area contributed by atoms with E-state index in [4.69, 9.17) is 10.2 Å². The lowest BCUT2D eigenvalue weighted by molar-refractivity contribution is -0.141. The van der Waals surface area contributed by atoms with Crippen molar-refractivity contribution in [1.29, 1.82) is 0 Å². The number of benzene rings is 1. The van der Waals surface area contributed by atoms with Gasteiger partial charge in [0, 0.05) is 17.7 Å². The fourth-order valence-electron chi connectivity index (χ4n) is 1.18. The molecule has 1 atom stereocenters. The Bertz CT molecular complexity index is 367. The second kappa shape index (κ2) is 4.25. The van der Waals surface area contributed by atoms with Crippen LogP contribution in [0.15, 0.2) is 12.1 Å². The van der Waals surface area contributed by atoms with E-state index in [-0.39, 0.29) is 12.0 Å². The Hall–Kier alpha value is -1.65. The van der Waals surface area contributed by atoms with Crippen LogP contribution in [0.2, 0.25) is 0 Å². The highest BCUT2D eigenvalue weighted by atomic mass is 19.1. The molecule has 0 aromatic heterocycles. The summed E-state index contributed by atoms with van der Waals surface area (Å²) in [5, 5.41) is 17.5. The van der Waals surface area contributed by atoms with Gasteiger partial charge in [0.2, 0.25) is 0 Å². The molecule has 1 unspecified atom stereocenters. The van der Waals surface area contributed by atoms with E-state index in [1.54, 1.807) is 0 Å². The minimum absolute atomic E-state index is 0.243. The first-order valence-electron chi connectivity index (χ1n) is 4.31. The molecule has 0 radical (unpaired) electrons. The van der Waals surface area contributed by atoms with Crippen LogP contribution in [0.4, 0.5) is 8.78 Å². The quantitative estimate of drug-likeness (QED) is 0.811. The summed E-state index contributed by atoms with van der Waals surface area (Å²) in [6.07, 6.45) is -0.243. The number of aliphatic carboxylic acids is 1. The standard InChI is InChI=1S/C10H10F2O3/c1-5(10(14)15)2-7-8(11)3-6(13)4-9(7)12/h3-5,13H,2H2,1H3,(H,14,15). The lowest BCUT2D eigenvalue weighted by Crippen LogP contribution is -2.14. The van der Waals surface area contributed by atoms with Crippen molar-refractivity contribution < 1.29 is 23.8 Å². The molecule has 82 valence electrons. The molecule has 2 N–H and O–H groups in total. The third-order valence-electron chi connectivity index (χ3n) is 2.06. The largest absolute Gasteiger partial charge is 0.508 e. The first-order valence-corrected chi connectivity index (χ1v) is 4.31. The monoisotopic (exact) mass is 216 g/mol. The van der Waals surface area contributed by atoms with Gasteiger partial charge in [0.05, 0.1) is 5.92 Å². The number of hydrogen-bond donors (Lipinski definition) is 2. The molecule has 0 aliphatic carbocycles. The molecule has 0 aliphatic heterocycles. The maximum Gasteiger partial charge on any atom is 0.306 e. The van der Waals surface area contributed by atoms with Gasteiger partial charge in [-0.3, -0.25) is 4.79 Å². The van der Waals surface area contributed by atoms with Crippen molar-refractivity contribution in [1.82, 2.24) is 0 Å². The van der Waals surface area contributed by atoms with E-state index in [9.17, 15) is 13.6 Å². The first-order chi connectivity index (χ1) is 6.91. The van der Waals surface area contributed by atoms with Crippen LogP contribution in [-0.2, 0) is 11.2 Å². The smallest absolute Gasteiger partial charge is 0.306 e. The third-order valence-corrected chi connectivity index (χ3v) is 2.06. The molecule has 5 heteroatoms. The van der Waals surface area contributed by atoms with E-state index in [0.717, 1.165) is 12.1 Å². The van der Waals surface area contributed by atoms with Crippen LogP contribution in [0.25, 0.3) is 0 Å². The molecule has 15 heavy (non-hydrogen) atoms. The molecule has 1 aromatic rings. The average Bonchev–Trinajstić information content (AvgIpc) is 2.10. The van der Waals surface area contributed by atoms with Crippen molar-refractivity contribution >= 4 is 5.97 Å². The van der Waals surface area contributed by atoms with Crippen molar-refractivity contribution in [3.63, 3.8) is 0 Å². The third kappa shape index (κ3) is 2.65. The Morgan fingerprint density at radius 2 is 1.87 bits per heavy atom. The van der Waals surface area contributed by atoms with E-state index >= 15 is 0 Å². The summed E-state index contributed by atoms with van der Waals surface area (Å²) in [4.78, 5) is 10.5. The Balaban J connectivity index is 3.00. The number of rotatable bonds is 3. The normalized spacial score (nSPS) is 12.5. The predicted molar refractivity (Wildman–Crippen MR) is 48.5 cm³/mol. The van der Waals surface area contributed by atoms with E-state index in [1.807, 2.05) is 0 Å². The second-order valence-electron chi connectivity index (χ2n) is 3.33. The van der Waals surface area contributed by atoms with Crippen molar-refractivity contribution in [2.45, 2.75) is 13.3 Å². The number of hydrogen-bond acceptors (Lipinski definition) is 2. The highest BCUT2D eigenvalue weighted by Gasteiger charge is 2.18. The first kappa shape index (κ1) is 11.4. The van der Waals surface area contributed by atoms with Crippen molar-refractivity contribution in [2.24, 2.45) is 5.92 Å². The van der Waals surface area contributed by atoms with Crippen LogP contribution in [0, 0.1) is 17.6 Å². The summed E-state index contributed by atoms with van der Waals surface area (Å²) in [5.74, 6) is -4.38. The zero-order valence-corrected chi connectivity index (χ0v) is 8.00. The van der Waals surface area contributed by atoms with E-state index in [1.165, 1.54) is 6.92 Å². The Morgan fingerprint density at radius 3 is 2.27 bits per heavy atom. The maximum atomic E-state index is 13.1. The molecule has 0 bridgehead atoms. The Kier molecular flexibility index (Phi) is 3.24. The van der Waals surface area contributed by atoms with Gasteiger partial charge in [-0.1, -0.05) is 6.92 Å². The van der Waals surface area contributed by atoms with Crippen LogP contribution in [0.5, 0.6) is 5.75 Å². The molecule has 1 rings (SSSR count). The SMILES string of the molecule is CC(Cc1c(F)cc(O)cc1F)C(=O)O. The summed E-state index contributed by atoms with van der Waals surface area (Å²) in [6, 6.07) is 1.51. The molecule has 0 aliphatic rings. The molecule has 1 aromatic carbocycles. The predicted octanol–water partition coefficient (Wildman–Crippen LogP) is 1.93. The lowest BCUT2D eigenvalue weighted by Gasteiger charge is -2.08. The van der Waals surface area contributed by atoms with E-state index in [2.05, 4.69) is 0 Å². The fraction of sp³-hybridized carbons (Fsp3) is 0.300. The zero-order valence-electron chi connectivity index (χ0n) is 8.00. The fourth-order valence-corrected chi connectivity index (χ4v) is 1.18. The molecular formula is C10H10F2O3. The Morgan fingerprint density at radius 1 is 1.40 bits per heavy atom.